The van der Waals surface area contributed by atoms with Crippen LogP contribution in [-0.2, 0) is 4.79 Å². The van der Waals surface area contributed by atoms with Gasteiger partial charge < -0.3 is 9.47 Å². The van der Waals surface area contributed by atoms with Crippen LogP contribution >= 0.6 is 0 Å². The number of amides is 3. The lowest BCUT2D eigenvalue weighted by atomic mass is 10.3. The minimum absolute atomic E-state index is 0.109. The summed E-state index contributed by atoms with van der Waals surface area (Å²) in [5.41, 5.74) is 0.375. The van der Waals surface area contributed by atoms with Crippen molar-refractivity contribution in [2.45, 2.75) is 20.3 Å². The van der Waals surface area contributed by atoms with Crippen molar-refractivity contribution in [3.63, 3.8) is 0 Å². The summed E-state index contributed by atoms with van der Waals surface area (Å²) in [7, 11) is 1.44. The van der Waals surface area contributed by atoms with E-state index in [1.165, 1.54) is 18.2 Å². The van der Waals surface area contributed by atoms with E-state index < -0.39 is 6.03 Å². The highest BCUT2D eigenvalue weighted by molar-refractivity contribution is 6.06. The number of carbonyl (C=O) groups excluding carboxylic acids is 2. The Morgan fingerprint density at radius 1 is 1.43 bits per heavy atom. The van der Waals surface area contributed by atoms with Gasteiger partial charge in [-0.1, -0.05) is 12.2 Å². The molecule has 1 fully saturated rings. The molecule has 23 heavy (non-hydrogen) atoms. The topological polar surface area (TPSA) is 93.7 Å². The van der Waals surface area contributed by atoms with Crippen molar-refractivity contribution in [3.8, 4) is 11.9 Å². The molecule has 1 aliphatic rings. The molecule has 3 amide bonds. The van der Waals surface area contributed by atoms with E-state index in [0.29, 0.717) is 11.4 Å². The average molecular weight is 318 g/mol. The van der Waals surface area contributed by atoms with Crippen LogP contribution in [0.5, 0.6) is 11.9 Å². The Bertz CT molecular complexity index is 669. The Morgan fingerprint density at radius 3 is 2.87 bits per heavy atom. The van der Waals surface area contributed by atoms with E-state index in [1.807, 2.05) is 19.1 Å². The second-order valence-electron chi connectivity index (χ2n) is 4.71. The fraction of sp³-hybridized carbons (Fsp3) is 0.333. The number of urea groups is 1. The molecule has 2 rings (SSSR count). The zero-order valence-corrected chi connectivity index (χ0v) is 13.2. The van der Waals surface area contributed by atoms with Gasteiger partial charge in [-0.05, 0) is 19.9 Å². The van der Waals surface area contributed by atoms with E-state index in [-0.39, 0.29) is 30.8 Å². The standard InChI is InChI=1S/C15H18N4O4/c1-4-5-6-10(2)23-14-16-9-11(13(18-14)22-3)19-8-7-12(20)17-15(19)21/h4-6,9H,7-8H2,1-3H3,(H,17,20,21)/b5-4-,10-6+. The molecule has 0 unspecified atom stereocenters. The zero-order chi connectivity index (χ0) is 16.8. The molecule has 0 aliphatic carbocycles. The van der Waals surface area contributed by atoms with Crippen molar-refractivity contribution >= 4 is 17.6 Å². The van der Waals surface area contributed by atoms with Crippen LogP contribution in [0.2, 0.25) is 0 Å². The van der Waals surface area contributed by atoms with Crippen LogP contribution in [0.1, 0.15) is 20.3 Å². The summed E-state index contributed by atoms with van der Waals surface area (Å²) in [6.07, 6.45) is 7.11. The SMILES string of the molecule is C/C=C\C=C(/C)Oc1ncc(N2CCC(=O)NC2=O)c(OC)n1. The Kier molecular flexibility index (Phi) is 5.29. The third kappa shape index (κ3) is 4.06. The van der Waals surface area contributed by atoms with Crippen LogP contribution in [0, 0.1) is 0 Å². The van der Waals surface area contributed by atoms with Crippen molar-refractivity contribution in [2.24, 2.45) is 0 Å². The summed E-state index contributed by atoms with van der Waals surface area (Å²) in [5, 5.41) is 2.24. The Balaban J connectivity index is 2.23. The number of imide groups is 1. The molecule has 1 N–H and O–H groups in total. The van der Waals surface area contributed by atoms with Crippen LogP contribution in [-0.4, -0.2) is 35.6 Å². The quantitative estimate of drug-likeness (QED) is 0.657. The molecule has 122 valence electrons. The van der Waals surface area contributed by atoms with Gasteiger partial charge >= 0.3 is 12.0 Å². The van der Waals surface area contributed by atoms with E-state index in [2.05, 4.69) is 15.3 Å². The maximum Gasteiger partial charge on any atom is 0.328 e. The molecule has 0 aromatic carbocycles. The maximum atomic E-state index is 11.9. The molecular weight excluding hydrogens is 300 g/mol. The molecule has 8 heteroatoms. The van der Waals surface area contributed by atoms with Gasteiger partial charge in [0, 0.05) is 13.0 Å². The highest BCUT2D eigenvalue weighted by Crippen LogP contribution is 2.28. The lowest BCUT2D eigenvalue weighted by molar-refractivity contribution is -0.120. The van der Waals surface area contributed by atoms with Gasteiger partial charge in [-0.15, -0.1) is 0 Å². The average Bonchev–Trinajstić information content (AvgIpc) is 2.53. The lowest BCUT2D eigenvalue weighted by Crippen LogP contribution is -2.49. The summed E-state index contributed by atoms with van der Waals surface area (Å²) in [6.45, 7) is 3.91. The molecule has 0 radical (unpaired) electrons. The molecule has 1 aromatic rings. The lowest BCUT2D eigenvalue weighted by Gasteiger charge is -2.26. The molecule has 0 atom stereocenters. The molecule has 0 bridgehead atoms. The predicted octanol–water partition coefficient (Wildman–Crippen LogP) is 1.79. The van der Waals surface area contributed by atoms with Crippen molar-refractivity contribution in [1.29, 1.82) is 0 Å². The van der Waals surface area contributed by atoms with Crippen molar-refractivity contribution in [1.82, 2.24) is 15.3 Å². The molecule has 2 heterocycles. The van der Waals surface area contributed by atoms with Crippen LogP contribution in [0.3, 0.4) is 0 Å². The number of hydrogen-bond donors (Lipinski definition) is 1. The van der Waals surface area contributed by atoms with E-state index in [4.69, 9.17) is 9.47 Å². The Morgan fingerprint density at radius 2 is 2.22 bits per heavy atom. The second kappa shape index (κ2) is 7.39. The third-order valence-corrected chi connectivity index (χ3v) is 3.03. The zero-order valence-electron chi connectivity index (χ0n) is 13.2. The smallest absolute Gasteiger partial charge is 0.328 e. The predicted molar refractivity (Wildman–Crippen MR) is 83.3 cm³/mol. The van der Waals surface area contributed by atoms with E-state index in [9.17, 15) is 9.59 Å². The number of methoxy groups -OCH3 is 1. The first-order valence-electron chi connectivity index (χ1n) is 7.05. The monoisotopic (exact) mass is 318 g/mol. The number of nitrogens with one attached hydrogen (secondary N) is 1. The fourth-order valence-corrected chi connectivity index (χ4v) is 1.93. The highest BCUT2D eigenvalue weighted by atomic mass is 16.5. The van der Waals surface area contributed by atoms with Crippen LogP contribution in [0.4, 0.5) is 10.5 Å². The van der Waals surface area contributed by atoms with E-state index >= 15 is 0 Å². The van der Waals surface area contributed by atoms with Crippen LogP contribution < -0.4 is 19.7 Å². The second-order valence-corrected chi connectivity index (χ2v) is 4.71. The Labute approximate surface area is 133 Å². The number of allylic oxidation sites excluding steroid dienone is 4. The van der Waals surface area contributed by atoms with Gasteiger partial charge in [-0.3, -0.25) is 15.0 Å². The number of nitrogens with zero attached hydrogens (tertiary/aromatic N) is 3. The van der Waals surface area contributed by atoms with Crippen molar-refractivity contribution < 1.29 is 19.1 Å². The normalized spacial score (nSPS) is 15.8. The first kappa shape index (κ1) is 16.5. The number of aromatic nitrogens is 2. The van der Waals surface area contributed by atoms with Gasteiger partial charge in [0.25, 0.3) is 0 Å². The first-order chi connectivity index (χ1) is 11.0. The minimum Gasteiger partial charge on any atom is -0.479 e. The van der Waals surface area contributed by atoms with E-state index in [1.54, 1.807) is 13.0 Å². The molecule has 0 spiro atoms. The largest absolute Gasteiger partial charge is 0.479 e. The first-order valence-corrected chi connectivity index (χ1v) is 7.05. The van der Waals surface area contributed by atoms with Gasteiger partial charge in [0.1, 0.15) is 11.4 Å². The number of ether oxygens (including phenoxy) is 2. The van der Waals surface area contributed by atoms with Gasteiger partial charge in [0.05, 0.1) is 13.3 Å². The van der Waals surface area contributed by atoms with Gasteiger partial charge in [-0.25, -0.2) is 9.78 Å². The summed E-state index contributed by atoms with van der Waals surface area (Å²) in [4.78, 5) is 32.7. The third-order valence-electron chi connectivity index (χ3n) is 3.03. The summed E-state index contributed by atoms with van der Waals surface area (Å²) in [5.74, 6) is 0.494. The number of rotatable bonds is 5. The van der Waals surface area contributed by atoms with Crippen LogP contribution in [0.25, 0.3) is 0 Å². The van der Waals surface area contributed by atoms with E-state index in [0.717, 1.165) is 0 Å². The summed E-state index contributed by atoms with van der Waals surface area (Å²) >= 11 is 0. The molecule has 1 aromatic heterocycles. The number of carbonyl (C=O) groups is 2. The van der Waals surface area contributed by atoms with Gasteiger partial charge in [0.2, 0.25) is 11.8 Å². The van der Waals surface area contributed by atoms with Gasteiger partial charge in [-0.2, -0.15) is 4.98 Å². The summed E-state index contributed by atoms with van der Waals surface area (Å²) in [6, 6.07) is -0.418. The van der Waals surface area contributed by atoms with Crippen LogP contribution in [0.15, 0.2) is 30.2 Å². The number of anilines is 1. The molecule has 0 saturated carbocycles. The fourth-order valence-electron chi connectivity index (χ4n) is 1.93. The van der Waals surface area contributed by atoms with Crippen molar-refractivity contribution in [2.75, 3.05) is 18.6 Å². The van der Waals surface area contributed by atoms with Crippen molar-refractivity contribution in [3.05, 3.63) is 30.2 Å². The molecule has 1 saturated heterocycles. The maximum absolute atomic E-state index is 11.9. The minimum atomic E-state index is -0.527. The highest BCUT2D eigenvalue weighted by Gasteiger charge is 2.27. The Hall–Kier alpha value is -2.90. The van der Waals surface area contributed by atoms with Gasteiger partial charge in [0.15, 0.2) is 0 Å². The number of hydrogen-bond acceptors (Lipinski definition) is 6. The molecular formula is C15H18N4O4. The molecule has 8 nitrogen and oxygen atoms in total. The summed E-state index contributed by atoms with van der Waals surface area (Å²) < 4.78 is 10.7. The molecule has 1 aliphatic heterocycles.